The highest BCUT2D eigenvalue weighted by Gasteiger charge is 2.39. The molecule has 1 aromatic heterocycles. The van der Waals surface area contributed by atoms with Crippen LogP contribution in [0.5, 0.6) is 0 Å². The zero-order valence-electron chi connectivity index (χ0n) is 19.0. The van der Waals surface area contributed by atoms with Crippen molar-refractivity contribution < 1.29 is 9.72 Å². The van der Waals surface area contributed by atoms with E-state index in [0.29, 0.717) is 52.4 Å². The lowest BCUT2D eigenvalue weighted by molar-refractivity contribution is -0.384. The van der Waals surface area contributed by atoms with Crippen LogP contribution in [0.25, 0.3) is 10.9 Å². The summed E-state index contributed by atoms with van der Waals surface area (Å²) in [5.41, 5.74) is 2.71. The summed E-state index contributed by atoms with van der Waals surface area (Å²) in [4.78, 5) is 49.8. The van der Waals surface area contributed by atoms with Crippen LogP contribution in [-0.2, 0) is 11.2 Å². The molecule has 10 heteroatoms. The number of halogens is 1. The fourth-order valence-corrected chi connectivity index (χ4v) is 5.27. The number of aliphatic imine (C=N–C) groups is 1. The molecule has 6 rings (SSSR count). The second-order valence-electron chi connectivity index (χ2n) is 8.68. The lowest BCUT2D eigenvalue weighted by Gasteiger charge is -2.23. The Bertz CT molecular complexity index is 1700. The molecule has 9 nitrogen and oxygen atoms in total. The molecule has 0 saturated heterocycles. The minimum absolute atomic E-state index is 0.0763. The standard InChI is InChI=1S/C26H18ClN5O4/c1-14-28-20-9-5-8-19(27)21(20)25(33)31(14)24-26(34)30-11-10-16-12-17(32(35)36)13-18(23(16)30)22(29-24)15-6-3-2-4-7-15/h2-9,12-13,24H,10-11H2,1H3. The number of nitro benzene ring substituents is 1. The largest absolute Gasteiger partial charge is 0.308 e. The third kappa shape index (κ3) is 3.24. The van der Waals surface area contributed by atoms with Gasteiger partial charge in [0.2, 0.25) is 6.17 Å². The molecule has 1 unspecified atom stereocenters. The number of carbonyl (C=O) groups is 1. The summed E-state index contributed by atoms with van der Waals surface area (Å²) in [6, 6.07) is 17.1. The number of nitro groups is 1. The highest BCUT2D eigenvalue weighted by atomic mass is 35.5. The van der Waals surface area contributed by atoms with Crippen molar-refractivity contribution in [3.8, 4) is 0 Å². The first-order valence-corrected chi connectivity index (χ1v) is 11.7. The Labute approximate surface area is 209 Å². The van der Waals surface area contributed by atoms with E-state index in [9.17, 15) is 19.7 Å². The molecular weight excluding hydrogens is 482 g/mol. The van der Waals surface area contributed by atoms with Gasteiger partial charge in [-0.15, -0.1) is 0 Å². The molecule has 0 aliphatic carbocycles. The molecular formula is C26H18ClN5O4. The van der Waals surface area contributed by atoms with Crippen LogP contribution < -0.4 is 10.5 Å². The molecule has 178 valence electrons. The Hall–Kier alpha value is -4.37. The molecule has 1 atom stereocenters. The minimum atomic E-state index is -1.27. The topological polar surface area (TPSA) is 111 Å². The van der Waals surface area contributed by atoms with Crippen molar-refractivity contribution in [3.63, 3.8) is 0 Å². The van der Waals surface area contributed by atoms with Crippen LogP contribution in [0.15, 0.2) is 70.5 Å². The third-order valence-electron chi connectivity index (χ3n) is 6.60. The van der Waals surface area contributed by atoms with E-state index in [0.717, 1.165) is 0 Å². The smallest absolute Gasteiger partial charge is 0.272 e. The predicted molar refractivity (Wildman–Crippen MR) is 136 cm³/mol. The molecule has 4 aromatic rings. The van der Waals surface area contributed by atoms with E-state index >= 15 is 0 Å². The molecule has 0 fully saturated rings. The van der Waals surface area contributed by atoms with Gasteiger partial charge >= 0.3 is 0 Å². The predicted octanol–water partition coefficient (Wildman–Crippen LogP) is 4.21. The molecule has 0 radical (unpaired) electrons. The van der Waals surface area contributed by atoms with Crippen molar-refractivity contribution in [1.82, 2.24) is 9.55 Å². The number of aromatic nitrogens is 2. The Kier molecular flexibility index (Phi) is 4.97. The summed E-state index contributed by atoms with van der Waals surface area (Å²) in [5.74, 6) is -0.103. The third-order valence-corrected chi connectivity index (χ3v) is 6.91. The Morgan fingerprint density at radius 2 is 1.86 bits per heavy atom. The van der Waals surface area contributed by atoms with Gasteiger partial charge in [-0.1, -0.05) is 48.0 Å². The van der Waals surface area contributed by atoms with Gasteiger partial charge in [0.1, 0.15) is 5.82 Å². The summed E-state index contributed by atoms with van der Waals surface area (Å²) in [5, 5.41) is 12.1. The van der Waals surface area contributed by atoms with Gasteiger partial charge in [-0.3, -0.25) is 24.3 Å². The fraction of sp³-hybridized carbons (Fsp3) is 0.154. The molecule has 0 N–H and O–H groups in total. The number of carbonyl (C=O) groups excluding carboxylic acids is 1. The van der Waals surface area contributed by atoms with Crippen molar-refractivity contribution >= 4 is 45.5 Å². The summed E-state index contributed by atoms with van der Waals surface area (Å²) in [6.07, 6.45) is -0.807. The van der Waals surface area contributed by atoms with Crippen molar-refractivity contribution in [3.05, 3.63) is 109 Å². The average molecular weight is 500 g/mol. The lowest BCUT2D eigenvalue weighted by atomic mass is 9.97. The highest BCUT2D eigenvalue weighted by Crippen LogP contribution is 2.40. The number of amides is 1. The molecule has 0 saturated carbocycles. The van der Waals surface area contributed by atoms with Gasteiger partial charge in [-0.05, 0) is 31.0 Å². The summed E-state index contributed by atoms with van der Waals surface area (Å²) in [6.45, 7) is 1.97. The number of anilines is 1. The van der Waals surface area contributed by atoms with Crippen molar-refractivity contribution in [2.45, 2.75) is 19.5 Å². The van der Waals surface area contributed by atoms with Crippen LogP contribution in [0.1, 0.15) is 28.7 Å². The van der Waals surface area contributed by atoms with Gasteiger partial charge in [-0.25, -0.2) is 9.98 Å². The molecule has 36 heavy (non-hydrogen) atoms. The second kappa shape index (κ2) is 8.10. The summed E-state index contributed by atoms with van der Waals surface area (Å²) in [7, 11) is 0. The number of nitrogens with zero attached hydrogens (tertiary/aromatic N) is 5. The van der Waals surface area contributed by atoms with Gasteiger partial charge in [0.05, 0.1) is 32.2 Å². The van der Waals surface area contributed by atoms with Crippen LogP contribution in [0.4, 0.5) is 11.4 Å². The number of hydrogen-bond donors (Lipinski definition) is 0. The van der Waals surface area contributed by atoms with Gasteiger partial charge in [0.15, 0.2) is 0 Å². The number of non-ortho nitro benzene ring substituents is 1. The van der Waals surface area contributed by atoms with E-state index in [4.69, 9.17) is 16.6 Å². The van der Waals surface area contributed by atoms with Gasteiger partial charge in [-0.2, -0.15) is 0 Å². The number of rotatable bonds is 3. The Morgan fingerprint density at radius 3 is 2.61 bits per heavy atom. The van der Waals surface area contributed by atoms with E-state index in [2.05, 4.69) is 4.98 Å². The van der Waals surface area contributed by atoms with Gasteiger partial charge in [0.25, 0.3) is 17.2 Å². The maximum Gasteiger partial charge on any atom is 0.272 e. The van der Waals surface area contributed by atoms with Crippen LogP contribution in [0.3, 0.4) is 0 Å². The van der Waals surface area contributed by atoms with E-state index in [1.54, 1.807) is 30.0 Å². The van der Waals surface area contributed by atoms with Crippen LogP contribution in [-0.4, -0.2) is 32.6 Å². The Morgan fingerprint density at radius 1 is 1.08 bits per heavy atom. The second-order valence-corrected chi connectivity index (χ2v) is 9.09. The molecule has 0 bridgehead atoms. The molecule has 0 spiro atoms. The quantitative estimate of drug-likeness (QED) is 0.310. The zero-order chi connectivity index (χ0) is 25.1. The number of hydrogen-bond acceptors (Lipinski definition) is 6. The van der Waals surface area contributed by atoms with Crippen molar-refractivity contribution in [2.75, 3.05) is 11.4 Å². The van der Waals surface area contributed by atoms with E-state index < -0.39 is 22.6 Å². The van der Waals surface area contributed by atoms with Crippen LogP contribution >= 0.6 is 11.6 Å². The van der Waals surface area contributed by atoms with E-state index in [-0.39, 0.29) is 16.1 Å². The van der Waals surface area contributed by atoms with Crippen LogP contribution in [0.2, 0.25) is 5.02 Å². The fourth-order valence-electron chi connectivity index (χ4n) is 5.02. The van der Waals surface area contributed by atoms with Crippen LogP contribution in [0, 0.1) is 17.0 Å². The maximum absolute atomic E-state index is 14.0. The highest BCUT2D eigenvalue weighted by molar-refractivity contribution is 6.35. The summed E-state index contributed by atoms with van der Waals surface area (Å²) < 4.78 is 1.26. The number of fused-ring (bicyclic) bond motifs is 1. The molecule has 3 aromatic carbocycles. The van der Waals surface area contributed by atoms with Gasteiger partial charge in [0, 0.05) is 29.8 Å². The van der Waals surface area contributed by atoms with E-state index in [1.165, 1.54) is 16.7 Å². The molecule has 1 amide bonds. The molecule has 3 heterocycles. The average Bonchev–Trinajstić information content (AvgIpc) is 3.25. The zero-order valence-corrected chi connectivity index (χ0v) is 19.8. The summed E-state index contributed by atoms with van der Waals surface area (Å²) >= 11 is 6.35. The number of benzene rings is 3. The van der Waals surface area contributed by atoms with Gasteiger partial charge < -0.3 is 4.90 Å². The first-order chi connectivity index (χ1) is 17.3. The first-order valence-electron chi connectivity index (χ1n) is 11.3. The molecule has 2 aliphatic rings. The lowest BCUT2D eigenvalue weighted by Crippen LogP contribution is -2.39. The molecule has 2 aliphatic heterocycles. The minimum Gasteiger partial charge on any atom is -0.308 e. The van der Waals surface area contributed by atoms with Crippen molar-refractivity contribution in [2.24, 2.45) is 4.99 Å². The maximum atomic E-state index is 14.0. The van der Waals surface area contributed by atoms with E-state index in [1.807, 2.05) is 30.3 Å². The SMILES string of the molecule is Cc1nc2cccc(Cl)c2c(=O)n1C1N=C(c2ccccc2)c2cc([N+](=O)[O-])cc3c2N(CC3)C1=O. The Balaban J connectivity index is 1.68. The monoisotopic (exact) mass is 499 g/mol. The van der Waals surface area contributed by atoms with Crippen molar-refractivity contribution in [1.29, 1.82) is 0 Å². The first kappa shape index (κ1) is 22.1. The number of aryl methyl sites for hydroxylation is 1. The normalized spacial score (nSPS) is 16.6.